The molecule has 0 saturated heterocycles. The third kappa shape index (κ3) is 1.59. The van der Waals surface area contributed by atoms with E-state index < -0.39 is 17.0 Å². The summed E-state index contributed by atoms with van der Waals surface area (Å²) in [5, 5.41) is -0.390. The Balaban J connectivity index is 1.97. The van der Waals surface area contributed by atoms with Crippen LogP contribution in [0.3, 0.4) is 0 Å². The Morgan fingerprint density at radius 2 is 1.80 bits per heavy atom. The largest absolute Gasteiger partial charge is 0.310 e. The fourth-order valence-corrected chi connectivity index (χ4v) is 3.93. The summed E-state index contributed by atoms with van der Waals surface area (Å²) in [6.07, 6.45) is 0. The van der Waals surface area contributed by atoms with Crippen molar-refractivity contribution in [2.75, 3.05) is 0 Å². The van der Waals surface area contributed by atoms with Crippen LogP contribution in [0.1, 0.15) is 16.8 Å². The van der Waals surface area contributed by atoms with E-state index in [1.54, 1.807) is 0 Å². The minimum absolute atomic E-state index is 0.111. The van der Waals surface area contributed by atoms with Gasteiger partial charge in [-0.25, -0.2) is 13.8 Å². The number of fused-ring (bicyclic) bond motifs is 3. The van der Waals surface area contributed by atoms with Gasteiger partial charge in [-0.05, 0) is 24.3 Å². The summed E-state index contributed by atoms with van der Waals surface area (Å²) in [5.41, 5.74) is 1.89. The van der Waals surface area contributed by atoms with Crippen LogP contribution < -0.4 is 0 Å². The van der Waals surface area contributed by atoms with Gasteiger partial charge in [-0.2, -0.15) is 0 Å². The van der Waals surface area contributed by atoms with Gasteiger partial charge in [0.1, 0.15) is 22.8 Å². The van der Waals surface area contributed by atoms with E-state index >= 15 is 0 Å². The monoisotopic (exact) mass is 288 g/mol. The van der Waals surface area contributed by atoms with Crippen LogP contribution in [-0.2, 0) is 5.75 Å². The normalized spacial score (nSPS) is 17.6. The van der Waals surface area contributed by atoms with Gasteiger partial charge in [0.05, 0.1) is 22.3 Å². The highest BCUT2D eigenvalue weighted by molar-refractivity contribution is 7.99. The van der Waals surface area contributed by atoms with Crippen molar-refractivity contribution >= 4 is 22.8 Å². The molecule has 0 spiro atoms. The molecule has 0 fully saturated rings. The molecule has 2 nitrogen and oxygen atoms in total. The number of hydrogen-bond donors (Lipinski definition) is 0. The highest BCUT2D eigenvalue weighted by Crippen LogP contribution is 2.44. The minimum atomic E-state index is -0.506. The molecule has 0 unspecified atom stereocenters. The van der Waals surface area contributed by atoms with E-state index in [1.807, 2.05) is 28.8 Å². The van der Waals surface area contributed by atoms with E-state index in [-0.39, 0.29) is 5.56 Å². The van der Waals surface area contributed by atoms with E-state index in [0.717, 1.165) is 16.9 Å². The number of benzene rings is 2. The fourth-order valence-electron chi connectivity index (χ4n) is 2.64. The molecule has 0 radical (unpaired) electrons. The Labute approximate surface area is 118 Å². The van der Waals surface area contributed by atoms with Crippen molar-refractivity contribution in [3.05, 3.63) is 65.5 Å². The number of aromatic nitrogens is 2. The second-order valence-electron chi connectivity index (χ2n) is 4.69. The zero-order valence-electron chi connectivity index (χ0n) is 10.4. The van der Waals surface area contributed by atoms with Gasteiger partial charge in [0.15, 0.2) is 0 Å². The predicted molar refractivity (Wildman–Crippen MR) is 75.5 cm³/mol. The lowest BCUT2D eigenvalue weighted by molar-refractivity contribution is 0.544. The zero-order valence-corrected chi connectivity index (χ0v) is 11.2. The van der Waals surface area contributed by atoms with Crippen LogP contribution in [0, 0.1) is 11.6 Å². The van der Waals surface area contributed by atoms with Gasteiger partial charge in [0.25, 0.3) is 0 Å². The van der Waals surface area contributed by atoms with Crippen LogP contribution in [0.2, 0.25) is 0 Å². The first-order chi connectivity index (χ1) is 9.75. The van der Waals surface area contributed by atoms with E-state index in [1.165, 1.54) is 30.0 Å². The van der Waals surface area contributed by atoms with Crippen molar-refractivity contribution in [3.63, 3.8) is 0 Å². The number of halogens is 2. The third-order valence-corrected chi connectivity index (χ3v) is 4.71. The van der Waals surface area contributed by atoms with Crippen molar-refractivity contribution in [2.45, 2.75) is 11.1 Å². The van der Waals surface area contributed by atoms with E-state index in [9.17, 15) is 8.78 Å². The lowest BCUT2D eigenvalue weighted by Crippen LogP contribution is -2.08. The minimum Gasteiger partial charge on any atom is -0.310 e. The smallest absolute Gasteiger partial charge is 0.132 e. The summed E-state index contributed by atoms with van der Waals surface area (Å²) < 4.78 is 30.0. The Morgan fingerprint density at radius 3 is 2.60 bits per heavy atom. The van der Waals surface area contributed by atoms with Crippen molar-refractivity contribution in [2.24, 2.45) is 0 Å². The lowest BCUT2D eigenvalue weighted by Gasteiger charge is -2.15. The zero-order chi connectivity index (χ0) is 13.7. The molecule has 2 heterocycles. The number of nitrogens with zero attached hydrogens (tertiary/aromatic N) is 2. The molecule has 20 heavy (non-hydrogen) atoms. The highest BCUT2D eigenvalue weighted by Gasteiger charge is 2.31. The Morgan fingerprint density at radius 1 is 1.05 bits per heavy atom. The molecule has 1 aromatic heterocycles. The third-order valence-electron chi connectivity index (χ3n) is 3.52. The first-order valence-corrected chi connectivity index (χ1v) is 7.32. The summed E-state index contributed by atoms with van der Waals surface area (Å²) >= 11 is 1.49. The summed E-state index contributed by atoms with van der Waals surface area (Å²) in [6, 6.07) is 11.7. The first kappa shape index (κ1) is 11.9. The highest BCUT2D eigenvalue weighted by atomic mass is 32.2. The molecule has 5 heteroatoms. The van der Waals surface area contributed by atoms with Crippen molar-refractivity contribution in [1.29, 1.82) is 0 Å². The molecular formula is C15H10F2N2S. The second-order valence-corrected chi connectivity index (χ2v) is 5.75. The number of hydrogen-bond acceptors (Lipinski definition) is 2. The standard InChI is InChI=1S/C15H10F2N2S/c16-9-4-3-5-10(17)14(9)15-19-12-7-2-1-6-11(12)18-13(19)8-20-15/h1-7,15H,8H2/t15-/m1/s1. The van der Waals surface area contributed by atoms with Gasteiger partial charge in [-0.3, -0.25) is 0 Å². The molecule has 1 atom stereocenters. The quantitative estimate of drug-likeness (QED) is 0.670. The second kappa shape index (κ2) is 4.31. The molecular weight excluding hydrogens is 278 g/mol. The number of imidazole rings is 1. The van der Waals surface area contributed by atoms with Crippen LogP contribution in [0.4, 0.5) is 8.78 Å². The predicted octanol–water partition coefficient (Wildman–Crippen LogP) is 4.11. The maximum absolute atomic E-state index is 14.0. The van der Waals surface area contributed by atoms with Gasteiger partial charge in [0.2, 0.25) is 0 Å². The number of para-hydroxylation sites is 2. The summed E-state index contributed by atoms with van der Waals surface area (Å²) in [6.45, 7) is 0. The average Bonchev–Trinajstić information content (AvgIpc) is 2.98. The molecule has 1 aliphatic heterocycles. The van der Waals surface area contributed by atoms with Crippen LogP contribution in [-0.4, -0.2) is 9.55 Å². The first-order valence-electron chi connectivity index (χ1n) is 6.27. The topological polar surface area (TPSA) is 17.8 Å². The maximum Gasteiger partial charge on any atom is 0.132 e. The molecule has 2 aromatic carbocycles. The Kier molecular flexibility index (Phi) is 2.57. The molecule has 3 aromatic rings. The molecule has 0 amide bonds. The molecule has 1 aliphatic rings. The van der Waals surface area contributed by atoms with E-state index in [0.29, 0.717) is 5.75 Å². The van der Waals surface area contributed by atoms with Gasteiger partial charge < -0.3 is 4.57 Å². The van der Waals surface area contributed by atoms with Gasteiger partial charge in [0, 0.05) is 0 Å². The average molecular weight is 288 g/mol. The number of rotatable bonds is 1. The molecule has 0 bridgehead atoms. The Hall–Kier alpha value is -1.88. The van der Waals surface area contributed by atoms with Crippen molar-refractivity contribution in [1.82, 2.24) is 9.55 Å². The van der Waals surface area contributed by atoms with Crippen LogP contribution in [0.5, 0.6) is 0 Å². The van der Waals surface area contributed by atoms with Crippen LogP contribution in [0.15, 0.2) is 42.5 Å². The summed E-state index contributed by atoms with van der Waals surface area (Å²) in [5.74, 6) is 0.512. The van der Waals surface area contributed by atoms with E-state index in [2.05, 4.69) is 4.98 Å². The fraction of sp³-hybridized carbons (Fsp3) is 0.133. The van der Waals surface area contributed by atoms with Gasteiger partial charge in [-0.1, -0.05) is 18.2 Å². The van der Waals surface area contributed by atoms with Crippen LogP contribution >= 0.6 is 11.8 Å². The number of thioether (sulfide) groups is 1. The molecule has 0 aliphatic carbocycles. The van der Waals surface area contributed by atoms with Gasteiger partial charge >= 0.3 is 0 Å². The molecule has 0 N–H and O–H groups in total. The maximum atomic E-state index is 14.0. The van der Waals surface area contributed by atoms with Crippen LogP contribution in [0.25, 0.3) is 11.0 Å². The lowest BCUT2D eigenvalue weighted by atomic mass is 10.2. The molecule has 100 valence electrons. The summed E-state index contributed by atoms with van der Waals surface area (Å²) in [4.78, 5) is 4.53. The molecule has 4 rings (SSSR count). The SMILES string of the molecule is Fc1cccc(F)c1[C@H]1SCc2nc3ccccc3n21. The summed E-state index contributed by atoms with van der Waals surface area (Å²) in [7, 11) is 0. The van der Waals surface area contributed by atoms with E-state index in [4.69, 9.17) is 0 Å². The van der Waals surface area contributed by atoms with Crippen molar-refractivity contribution in [3.8, 4) is 0 Å². The van der Waals surface area contributed by atoms with Gasteiger partial charge in [-0.15, -0.1) is 11.8 Å². The molecule has 0 saturated carbocycles. The van der Waals surface area contributed by atoms with Crippen molar-refractivity contribution < 1.29 is 8.78 Å². The Bertz CT molecular complexity index is 792.